The van der Waals surface area contributed by atoms with Crippen LogP contribution < -0.4 is 5.32 Å². The Bertz CT molecular complexity index is 653. The Morgan fingerprint density at radius 2 is 1.82 bits per heavy atom. The van der Waals surface area contributed by atoms with Crippen LogP contribution in [0, 0.1) is 0 Å². The van der Waals surface area contributed by atoms with E-state index in [4.69, 9.17) is 0 Å². The van der Waals surface area contributed by atoms with Gasteiger partial charge in [0.15, 0.2) is 11.7 Å². The second-order valence-electron chi connectivity index (χ2n) is 5.28. The van der Waals surface area contributed by atoms with Gasteiger partial charge in [-0.25, -0.2) is 0 Å². The molecule has 0 saturated carbocycles. The number of amidine groups is 2. The van der Waals surface area contributed by atoms with Crippen molar-refractivity contribution in [2.45, 2.75) is 32.6 Å². The first-order chi connectivity index (χ1) is 10.5. The molecule has 0 radical (unpaired) electrons. The molecule has 22 heavy (non-hydrogen) atoms. The van der Waals surface area contributed by atoms with Gasteiger partial charge in [0.25, 0.3) is 0 Å². The molecule has 7 heteroatoms. The number of anilines is 1. The smallest absolute Gasteiger partial charge is 0.356 e. The van der Waals surface area contributed by atoms with Gasteiger partial charge in [-0.1, -0.05) is 44.4 Å². The molecule has 0 aromatic heterocycles. The lowest BCUT2D eigenvalue weighted by molar-refractivity contribution is 0.476. The van der Waals surface area contributed by atoms with Crippen molar-refractivity contribution >= 4 is 27.6 Å². The first-order valence-corrected chi connectivity index (χ1v) is 8.90. The third-order valence-corrected chi connectivity index (χ3v) is 4.18. The van der Waals surface area contributed by atoms with Crippen LogP contribution in [0.5, 0.6) is 0 Å². The van der Waals surface area contributed by atoms with E-state index in [-0.39, 0.29) is 5.84 Å². The third-order valence-electron chi connectivity index (χ3n) is 3.37. The molecule has 0 amide bonds. The average molecular weight is 322 g/mol. The van der Waals surface area contributed by atoms with Gasteiger partial charge in [-0.2, -0.15) is 8.42 Å². The van der Waals surface area contributed by atoms with Gasteiger partial charge < -0.3 is 10.2 Å². The number of hydrogen-bond donors (Lipinski definition) is 1. The van der Waals surface area contributed by atoms with E-state index < -0.39 is 10.2 Å². The van der Waals surface area contributed by atoms with Crippen molar-refractivity contribution in [3.63, 3.8) is 0 Å². The minimum Gasteiger partial charge on any atom is -0.356 e. The zero-order chi connectivity index (χ0) is 16.0. The maximum Gasteiger partial charge on any atom is 0.367 e. The Balaban J connectivity index is 2.06. The number of nitrogens with one attached hydrogen (secondary N) is 1. The van der Waals surface area contributed by atoms with Gasteiger partial charge in [-0.3, -0.25) is 0 Å². The molecule has 0 spiro atoms. The second-order valence-corrected chi connectivity index (χ2v) is 6.54. The lowest BCUT2D eigenvalue weighted by Gasteiger charge is -2.19. The Morgan fingerprint density at radius 3 is 2.50 bits per heavy atom. The molecular formula is C15H22N4O2S. The molecule has 2 rings (SSSR count). The molecule has 1 aromatic rings. The zero-order valence-electron chi connectivity index (χ0n) is 13.0. The van der Waals surface area contributed by atoms with Crippen LogP contribution in [0.3, 0.4) is 0 Å². The summed E-state index contributed by atoms with van der Waals surface area (Å²) in [6, 6.07) is 9.35. The van der Waals surface area contributed by atoms with Gasteiger partial charge >= 0.3 is 10.2 Å². The molecule has 0 unspecified atom stereocenters. The summed E-state index contributed by atoms with van der Waals surface area (Å²) >= 11 is 0. The summed E-state index contributed by atoms with van der Waals surface area (Å²) < 4.78 is 30.8. The van der Waals surface area contributed by atoms with E-state index in [9.17, 15) is 8.42 Å². The molecule has 1 aliphatic rings. The quantitative estimate of drug-likeness (QED) is 0.817. The number of likely N-dealkylation sites (N-methyl/N-ethyl adjacent to an activating group) is 1. The van der Waals surface area contributed by atoms with Crippen LogP contribution in [-0.2, 0) is 10.2 Å². The molecule has 6 nitrogen and oxygen atoms in total. The molecule has 0 bridgehead atoms. The van der Waals surface area contributed by atoms with Crippen LogP contribution in [0.1, 0.15) is 32.6 Å². The van der Waals surface area contributed by atoms with Crippen molar-refractivity contribution in [3.05, 3.63) is 30.3 Å². The highest BCUT2D eigenvalue weighted by Crippen LogP contribution is 2.14. The topological polar surface area (TPSA) is 74.1 Å². The van der Waals surface area contributed by atoms with Crippen molar-refractivity contribution in [3.8, 4) is 0 Å². The maximum atomic E-state index is 11.7. The van der Waals surface area contributed by atoms with Crippen LogP contribution in [0.15, 0.2) is 39.1 Å². The summed E-state index contributed by atoms with van der Waals surface area (Å²) in [6.07, 6.45) is 4.48. The van der Waals surface area contributed by atoms with Crippen LogP contribution in [0.2, 0.25) is 0 Å². The Kier molecular flexibility index (Phi) is 5.54. The van der Waals surface area contributed by atoms with Crippen molar-refractivity contribution in [1.29, 1.82) is 0 Å². The van der Waals surface area contributed by atoms with Crippen molar-refractivity contribution in [1.82, 2.24) is 4.90 Å². The molecular weight excluding hydrogens is 300 g/mol. The summed E-state index contributed by atoms with van der Waals surface area (Å²) in [5.74, 6) is 0.657. The Hall–Kier alpha value is -1.89. The molecule has 0 atom stereocenters. The third kappa shape index (κ3) is 4.56. The Morgan fingerprint density at radius 1 is 1.09 bits per heavy atom. The summed E-state index contributed by atoms with van der Waals surface area (Å²) in [6.45, 7) is 2.91. The number of unbranched alkanes of at least 4 members (excludes halogenated alkanes) is 3. The fourth-order valence-corrected chi connectivity index (χ4v) is 3.04. The zero-order valence-corrected chi connectivity index (χ0v) is 13.8. The largest absolute Gasteiger partial charge is 0.367 e. The predicted octanol–water partition coefficient (Wildman–Crippen LogP) is 2.67. The predicted molar refractivity (Wildman–Crippen MR) is 90.6 cm³/mol. The number of nitrogens with zero attached hydrogens (tertiary/aromatic N) is 3. The monoisotopic (exact) mass is 322 g/mol. The molecule has 0 fully saturated rings. The normalized spacial score (nSPS) is 16.1. The van der Waals surface area contributed by atoms with Gasteiger partial charge in [0.05, 0.1) is 0 Å². The lowest BCUT2D eigenvalue weighted by atomic mass is 10.2. The van der Waals surface area contributed by atoms with Gasteiger partial charge in [-0.15, -0.1) is 8.80 Å². The number of para-hydroxylation sites is 1. The van der Waals surface area contributed by atoms with Crippen molar-refractivity contribution < 1.29 is 8.42 Å². The fourth-order valence-electron chi connectivity index (χ4n) is 2.20. The first-order valence-electron chi connectivity index (χ1n) is 7.50. The van der Waals surface area contributed by atoms with Crippen molar-refractivity contribution in [2.24, 2.45) is 8.80 Å². The first kappa shape index (κ1) is 16.5. The fraction of sp³-hybridized carbons (Fsp3) is 0.467. The van der Waals surface area contributed by atoms with E-state index in [0.29, 0.717) is 5.84 Å². The summed E-state index contributed by atoms with van der Waals surface area (Å²) in [5.41, 5.74) is 0.783. The molecule has 1 heterocycles. The van der Waals surface area contributed by atoms with E-state index in [1.807, 2.05) is 42.3 Å². The van der Waals surface area contributed by atoms with Gasteiger partial charge in [0, 0.05) is 19.3 Å². The number of rotatable bonds is 6. The van der Waals surface area contributed by atoms with E-state index in [2.05, 4.69) is 21.0 Å². The SMILES string of the molecule is CCCCCCN(C)C1=NS(=O)(=O)N=C1Nc1ccccc1. The van der Waals surface area contributed by atoms with E-state index in [1.165, 1.54) is 12.8 Å². The maximum absolute atomic E-state index is 11.7. The second kappa shape index (κ2) is 7.40. The standard InChI is InChI=1S/C15H22N4O2S/c1-3-4-5-9-12-19(2)15-14(17-22(20,21)18-15)16-13-10-7-6-8-11-13/h6-8,10-11H,3-5,9,12H2,1-2H3,(H,16,17). The van der Waals surface area contributed by atoms with Crippen LogP contribution >= 0.6 is 0 Å². The Labute approximate surface area is 132 Å². The number of benzene rings is 1. The molecule has 1 N–H and O–H groups in total. The molecule has 0 aliphatic carbocycles. The molecule has 0 saturated heterocycles. The van der Waals surface area contributed by atoms with E-state index >= 15 is 0 Å². The summed E-state index contributed by atoms with van der Waals surface area (Å²) in [4.78, 5) is 1.84. The average Bonchev–Trinajstić information content (AvgIpc) is 2.79. The molecule has 120 valence electrons. The van der Waals surface area contributed by atoms with Gasteiger partial charge in [0.2, 0.25) is 0 Å². The van der Waals surface area contributed by atoms with E-state index in [0.717, 1.165) is 25.1 Å². The highest BCUT2D eigenvalue weighted by Gasteiger charge is 2.27. The summed E-state index contributed by atoms with van der Waals surface area (Å²) in [5, 5.41) is 3.03. The number of hydrogen-bond acceptors (Lipinski definition) is 4. The van der Waals surface area contributed by atoms with Gasteiger partial charge in [0.1, 0.15) is 0 Å². The minimum absolute atomic E-state index is 0.282. The summed E-state index contributed by atoms with van der Waals surface area (Å²) in [7, 11) is -1.93. The highest BCUT2D eigenvalue weighted by atomic mass is 32.2. The molecule has 1 aliphatic heterocycles. The van der Waals surface area contributed by atoms with Crippen LogP contribution in [0.4, 0.5) is 5.69 Å². The van der Waals surface area contributed by atoms with Gasteiger partial charge in [-0.05, 0) is 18.6 Å². The van der Waals surface area contributed by atoms with Crippen LogP contribution in [0.25, 0.3) is 0 Å². The minimum atomic E-state index is -3.77. The highest BCUT2D eigenvalue weighted by molar-refractivity contribution is 7.89. The van der Waals surface area contributed by atoms with Crippen LogP contribution in [-0.4, -0.2) is 38.6 Å². The molecule has 1 aromatic carbocycles. The lowest BCUT2D eigenvalue weighted by Crippen LogP contribution is -2.36. The van der Waals surface area contributed by atoms with E-state index in [1.54, 1.807) is 0 Å². The van der Waals surface area contributed by atoms with Crippen molar-refractivity contribution in [2.75, 3.05) is 18.9 Å².